The molecule has 2 heterocycles. The zero-order valence-corrected chi connectivity index (χ0v) is 35.5. The third kappa shape index (κ3) is 7.69. The van der Waals surface area contributed by atoms with Gasteiger partial charge >= 0.3 is 0 Å². The minimum absolute atomic E-state index is 0. The molecule has 0 amide bonds. The Labute approximate surface area is 366 Å². The molecule has 2 aromatic heterocycles. The molecule has 9 rings (SSSR count). The Morgan fingerprint density at radius 3 is 2.00 bits per heavy atom. The van der Waals surface area contributed by atoms with Crippen LogP contribution in [0, 0.1) is 26.8 Å². The molecular weight excluding hydrogens is 902 g/mol. The van der Waals surface area contributed by atoms with Gasteiger partial charge in [-0.1, -0.05) is 146 Å². The van der Waals surface area contributed by atoms with Gasteiger partial charge < -0.3 is 5.11 Å². The van der Waals surface area contributed by atoms with Gasteiger partial charge in [-0.25, -0.2) is 4.98 Å². The molecule has 1 N–H and O–H groups in total. The monoisotopic (exact) mass is 949 g/mol. The first-order chi connectivity index (χ1) is 29.7. The number of aromatic hydroxyl groups is 1. The molecule has 0 saturated heterocycles. The molecule has 7 aromatic carbocycles. The zero-order chi connectivity index (χ0) is 43.3. The summed E-state index contributed by atoms with van der Waals surface area (Å²) in [5, 5.41) is 11.7. The number of nitrogens with zero attached hydrogens (tertiary/aromatic N) is 3. The Bertz CT molecular complexity index is 3120. The summed E-state index contributed by atoms with van der Waals surface area (Å²) >= 11 is 0. The van der Waals surface area contributed by atoms with E-state index in [1.54, 1.807) is 6.07 Å². The standard InChI is InChI=1S/C54H44N3O.Pt/c1-34(2)38-19-21-41(22-20-38)43-25-26-55-49(33-43)46-31-44(40-15-10-7-11-16-40)30-45(32-46)47-17-12-18-51-52(47)56-54(48-28-35(3)27-37(5)53(48)58)57(51)50-24-23-42(29-36(50)4)39-13-8-6-9-14-39;/h6-31,33-34,58H,1-5H3;/q-1;/i4D3,34D;. The van der Waals surface area contributed by atoms with Crippen LogP contribution in [0.25, 0.3) is 83.9 Å². The minimum Gasteiger partial charge on any atom is -0.507 e. The van der Waals surface area contributed by atoms with Crippen molar-refractivity contribution in [3.63, 3.8) is 0 Å². The van der Waals surface area contributed by atoms with E-state index in [0.717, 1.165) is 66.9 Å². The Balaban J connectivity index is 0.00000544. The molecule has 0 radical (unpaired) electrons. The van der Waals surface area contributed by atoms with E-state index in [0.29, 0.717) is 33.7 Å². The largest absolute Gasteiger partial charge is 0.507 e. The van der Waals surface area contributed by atoms with Gasteiger partial charge in [0.1, 0.15) is 11.6 Å². The molecule has 59 heavy (non-hydrogen) atoms. The Kier molecular flexibility index (Phi) is 9.69. The predicted octanol–water partition coefficient (Wildman–Crippen LogP) is 14.0. The van der Waals surface area contributed by atoms with Gasteiger partial charge in [-0.05, 0) is 107 Å². The number of aromatic nitrogens is 3. The second kappa shape index (κ2) is 16.5. The molecule has 0 aliphatic heterocycles. The number of pyridine rings is 1. The van der Waals surface area contributed by atoms with E-state index in [1.165, 1.54) is 0 Å². The number of imidazole rings is 1. The van der Waals surface area contributed by atoms with Crippen LogP contribution in [0.1, 0.15) is 47.5 Å². The number of fused-ring (bicyclic) bond motifs is 1. The van der Waals surface area contributed by atoms with Gasteiger partial charge in [0.05, 0.1) is 22.3 Å². The van der Waals surface area contributed by atoms with Crippen LogP contribution in [-0.2, 0) is 21.1 Å². The van der Waals surface area contributed by atoms with Crippen LogP contribution in [0.4, 0.5) is 0 Å². The molecule has 4 nitrogen and oxygen atoms in total. The van der Waals surface area contributed by atoms with E-state index in [-0.39, 0.29) is 32.4 Å². The zero-order valence-electron chi connectivity index (χ0n) is 37.2. The van der Waals surface area contributed by atoms with Crippen molar-refractivity contribution in [2.24, 2.45) is 0 Å². The smallest absolute Gasteiger partial charge is 0.148 e. The number of phenols is 1. The first kappa shape index (κ1) is 34.7. The predicted molar refractivity (Wildman–Crippen MR) is 240 cm³/mol. The minimum atomic E-state index is -2.48. The summed E-state index contributed by atoms with van der Waals surface area (Å²) in [7, 11) is 0. The number of hydrogen-bond acceptors (Lipinski definition) is 3. The van der Waals surface area contributed by atoms with Gasteiger partial charge in [0.25, 0.3) is 0 Å². The summed E-state index contributed by atoms with van der Waals surface area (Å²) in [6, 6.07) is 55.3. The van der Waals surface area contributed by atoms with Crippen LogP contribution in [0.3, 0.4) is 0 Å². The third-order valence-electron chi connectivity index (χ3n) is 10.8. The molecule has 0 unspecified atom stereocenters. The number of benzene rings is 7. The molecule has 292 valence electrons. The molecule has 5 heteroatoms. The average Bonchev–Trinajstić information content (AvgIpc) is 3.67. The fourth-order valence-electron chi connectivity index (χ4n) is 7.82. The topological polar surface area (TPSA) is 50.9 Å². The van der Waals surface area contributed by atoms with E-state index in [1.807, 2.05) is 148 Å². The van der Waals surface area contributed by atoms with Crippen molar-refractivity contribution < 1.29 is 31.7 Å². The average molecular weight is 950 g/mol. The van der Waals surface area contributed by atoms with Gasteiger partial charge in [-0.2, -0.15) is 0 Å². The maximum Gasteiger partial charge on any atom is 0.148 e. The molecule has 0 saturated carbocycles. The maximum absolute atomic E-state index is 11.7. The molecule has 0 bridgehead atoms. The van der Waals surface area contributed by atoms with Crippen molar-refractivity contribution in [3.05, 3.63) is 192 Å². The SMILES string of the molecule is [2H]C([2H])([2H])c1cc(-c2ccccc2)ccc1-n1c(-c2cc(C)cc(C)c2O)nc2c(-c3[c-]c(-c4cc(-c5ccc(C([2H])(C)C)cc5)ccn4)cc(-c4ccccc4)c3)cccc21.[Pt]. The fraction of sp³-hybridized carbons (Fsp3) is 0.111. The number of para-hydroxylation sites is 1. The van der Waals surface area contributed by atoms with Gasteiger partial charge in [0.15, 0.2) is 0 Å². The Morgan fingerprint density at radius 2 is 1.29 bits per heavy atom. The van der Waals surface area contributed by atoms with Gasteiger partial charge in [-0.3, -0.25) is 9.55 Å². The number of hydrogen-bond donors (Lipinski definition) is 1. The summed E-state index contributed by atoms with van der Waals surface area (Å²) in [4.78, 5) is 10.2. The molecule has 0 fully saturated rings. The summed E-state index contributed by atoms with van der Waals surface area (Å²) in [6.45, 7) is 5.12. The van der Waals surface area contributed by atoms with Crippen LogP contribution >= 0.6 is 0 Å². The first-order valence-electron chi connectivity index (χ1n) is 21.5. The Morgan fingerprint density at radius 1 is 0.627 bits per heavy atom. The van der Waals surface area contributed by atoms with Crippen LogP contribution in [0.15, 0.2) is 164 Å². The molecule has 0 spiro atoms. The van der Waals surface area contributed by atoms with E-state index < -0.39 is 12.7 Å². The van der Waals surface area contributed by atoms with Crippen molar-refractivity contribution in [2.75, 3.05) is 0 Å². The van der Waals surface area contributed by atoms with Gasteiger partial charge in [0, 0.05) is 38.4 Å². The molecule has 0 atom stereocenters. The van der Waals surface area contributed by atoms with Gasteiger partial charge in [0.2, 0.25) is 0 Å². The maximum atomic E-state index is 11.7. The summed E-state index contributed by atoms with van der Waals surface area (Å²) < 4.78 is 36.7. The molecule has 0 aliphatic carbocycles. The van der Waals surface area contributed by atoms with E-state index in [2.05, 4.69) is 48.5 Å². The van der Waals surface area contributed by atoms with Crippen LogP contribution < -0.4 is 0 Å². The normalized spacial score (nSPS) is 12.6. The van der Waals surface area contributed by atoms with Crippen LogP contribution in [0.2, 0.25) is 0 Å². The number of phenolic OH excluding ortho intramolecular Hbond substituents is 1. The van der Waals surface area contributed by atoms with Crippen molar-refractivity contribution >= 4 is 11.0 Å². The summed E-state index contributed by atoms with van der Waals surface area (Å²) in [6.07, 6.45) is 1.81. The van der Waals surface area contributed by atoms with Crippen molar-refractivity contribution in [2.45, 2.75) is 40.4 Å². The summed E-state index contributed by atoms with van der Waals surface area (Å²) in [5.41, 5.74) is 13.7. The number of rotatable bonds is 8. The first-order valence-corrected chi connectivity index (χ1v) is 19.5. The van der Waals surface area contributed by atoms with Crippen molar-refractivity contribution in [1.29, 1.82) is 0 Å². The van der Waals surface area contributed by atoms with Crippen molar-refractivity contribution in [3.8, 4) is 78.6 Å². The second-order valence-corrected chi connectivity index (χ2v) is 15.1. The fourth-order valence-corrected chi connectivity index (χ4v) is 7.82. The van der Waals surface area contributed by atoms with E-state index in [9.17, 15) is 5.11 Å². The quantitative estimate of drug-likeness (QED) is 0.154. The molecular formula is C54H44N3OPt-. The van der Waals surface area contributed by atoms with E-state index >= 15 is 0 Å². The van der Waals surface area contributed by atoms with E-state index in [4.69, 9.17) is 15.5 Å². The van der Waals surface area contributed by atoms with Gasteiger partial charge in [-0.15, -0.1) is 23.8 Å². The third-order valence-corrected chi connectivity index (χ3v) is 10.8. The van der Waals surface area contributed by atoms with Crippen molar-refractivity contribution in [1.82, 2.24) is 14.5 Å². The Hall–Kier alpha value is -6.35. The molecule has 0 aliphatic rings. The second-order valence-electron chi connectivity index (χ2n) is 15.1. The van der Waals surface area contributed by atoms with Crippen LogP contribution in [-0.4, -0.2) is 19.6 Å². The van der Waals surface area contributed by atoms with Crippen LogP contribution in [0.5, 0.6) is 5.75 Å². The molecule has 9 aromatic rings. The summed E-state index contributed by atoms with van der Waals surface area (Å²) in [5.74, 6) is -0.202. The number of aryl methyl sites for hydroxylation is 3.